The van der Waals surface area contributed by atoms with Crippen molar-refractivity contribution in [3.8, 4) is 0 Å². The third-order valence-electron chi connectivity index (χ3n) is 3.35. The van der Waals surface area contributed by atoms with Crippen LogP contribution in [0.1, 0.15) is 25.7 Å². The Kier molecular flexibility index (Phi) is 5.85. The lowest BCUT2D eigenvalue weighted by atomic mass is 9.97. The summed E-state index contributed by atoms with van der Waals surface area (Å²) in [4.78, 5) is 16.1. The molecule has 1 saturated heterocycles. The minimum atomic E-state index is 0.211. The number of rotatable bonds is 5. The Hall–Kier alpha value is -0.680. The molecule has 0 aromatic carbocycles. The first-order chi connectivity index (χ1) is 8.00. The van der Waals surface area contributed by atoms with E-state index in [9.17, 15) is 4.79 Å². The number of carbonyl (C=O) groups is 1. The van der Waals surface area contributed by atoms with Crippen molar-refractivity contribution in [3.63, 3.8) is 0 Å². The Morgan fingerprint density at radius 1 is 1.41 bits per heavy atom. The average molecular weight is 257 g/mol. The van der Waals surface area contributed by atoms with Crippen molar-refractivity contribution >= 4 is 23.1 Å². The molecule has 0 aromatic rings. The van der Waals surface area contributed by atoms with Crippen LogP contribution >= 0.6 is 12.2 Å². The highest BCUT2D eigenvalue weighted by Gasteiger charge is 2.20. The van der Waals surface area contributed by atoms with Gasteiger partial charge in [0.1, 0.15) is 0 Å². The van der Waals surface area contributed by atoms with Gasteiger partial charge in [0, 0.05) is 26.4 Å². The van der Waals surface area contributed by atoms with E-state index >= 15 is 0 Å². The van der Waals surface area contributed by atoms with Gasteiger partial charge in [0.2, 0.25) is 5.91 Å². The van der Waals surface area contributed by atoms with Crippen LogP contribution in [0.4, 0.5) is 0 Å². The Balaban J connectivity index is 2.14. The molecule has 0 spiro atoms. The monoisotopic (exact) mass is 257 g/mol. The second-order valence-electron chi connectivity index (χ2n) is 4.91. The van der Waals surface area contributed by atoms with Gasteiger partial charge < -0.3 is 15.5 Å². The number of hydrogen-bond acceptors (Lipinski definition) is 3. The third-order valence-corrected chi connectivity index (χ3v) is 3.69. The van der Waals surface area contributed by atoms with Crippen LogP contribution in [0.25, 0.3) is 0 Å². The molecule has 2 N–H and O–H groups in total. The molecule has 0 aromatic heterocycles. The van der Waals surface area contributed by atoms with Crippen molar-refractivity contribution < 1.29 is 4.79 Å². The number of amides is 1. The summed E-state index contributed by atoms with van der Waals surface area (Å²) in [5.74, 6) is 0.632. The first-order valence-corrected chi connectivity index (χ1v) is 6.63. The van der Waals surface area contributed by atoms with Crippen LogP contribution in [0.2, 0.25) is 0 Å². The molecule has 0 aliphatic carbocycles. The van der Waals surface area contributed by atoms with Gasteiger partial charge in [0.15, 0.2) is 0 Å². The molecule has 1 amide bonds. The molecule has 0 atom stereocenters. The minimum absolute atomic E-state index is 0.211. The molecule has 98 valence electrons. The molecule has 0 radical (unpaired) electrons. The molecule has 0 saturated carbocycles. The fourth-order valence-corrected chi connectivity index (χ4v) is 2.35. The quantitative estimate of drug-likeness (QED) is 0.742. The van der Waals surface area contributed by atoms with Crippen LogP contribution in [-0.2, 0) is 4.79 Å². The summed E-state index contributed by atoms with van der Waals surface area (Å²) in [6, 6.07) is 0. The van der Waals surface area contributed by atoms with Crippen LogP contribution in [0.5, 0.6) is 0 Å². The molecule has 1 heterocycles. The van der Waals surface area contributed by atoms with Crippen LogP contribution < -0.4 is 5.73 Å². The molecule has 1 fully saturated rings. The number of piperidine rings is 1. The zero-order valence-electron chi connectivity index (χ0n) is 10.8. The number of thiocarbonyl (C=S) groups is 1. The van der Waals surface area contributed by atoms with Crippen molar-refractivity contribution in [2.24, 2.45) is 11.7 Å². The standard InChI is InChI=1S/C12H23N3OS/c1-14(2)11(16)4-3-7-15-8-5-10(6-9-15)12(13)17/h10H,3-9H2,1-2H3,(H2,13,17). The lowest BCUT2D eigenvalue weighted by Crippen LogP contribution is -2.38. The fraction of sp³-hybridized carbons (Fsp3) is 0.833. The van der Waals surface area contributed by atoms with Crippen LogP contribution in [0, 0.1) is 5.92 Å². The molecule has 17 heavy (non-hydrogen) atoms. The number of nitrogens with zero attached hydrogens (tertiary/aromatic N) is 2. The zero-order chi connectivity index (χ0) is 12.8. The van der Waals surface area contributed by atoms with E-state index in [2.05, 4.69) is 4.90 Å². The maximum absolute atomic E-state index is 11.4. The first kappa shape index (κ1) is 14.4. The second kappa shape index (κ2) is 6.91. The smallest absolute Gasteiger partial charge is 0.222 e. The SMILES string of the molecule is CN(C)C(=O)CCCN1CCC(C(N)=S)CC1. The van der Waals surface area contributed by atoms with E-state index in [1.807, 2.05) is 0 Å². The van der Waals surface area contributed by atoms with Gasteiger partial charge in [0.25, 0.3) is 0 Å². The molecule has 1 rings (SSSR count). The largest absolute Gasteiger partial charge is 0.393 e. The number of likely N-dealkylation sites (tertiary alicyclic amines) is 1. The first-order valence-electron chi connectivity index (χ1n) is 6.22. The lowest BCUT2D eigenvalue weighted by molar-refractivity contribution is -0.128. The van der Waals surface area contributed by atoms with Gasteiger partial charge in [0.05, 0.1) is 4.99 Å². The summed E-state index contributed by atoms with van der Waals surface area (Å²) in [6.45, 7) is 3.11. The molecule has 1 aliphatic rings. The Morgan fingerprint density at radius 3 is 2.47 bits per heavy atom. The number of carbonyl (C=O) groups excluding carboxylic acids is 1. The Bertz CT molecular complexity index is 273. The molecule has 0 unspecified atom stereocenters. The van der Waals surface area contributed by atoms with Gasteiger partial charge in [-0.15, -0.1) is 0 Å². The maximum Gasteiger partial charge on any atom is 0.222 e. The molecular formula is C12H23N3OS. The number of hydrogen-bond donors (Lipinski definition) is 1. The number of nitrogens with two attached hydrogens (primary N) is 1. The predicted molar refractivity (Wildman–Crippen MR) is 73.9 cm³/mol. The van der Waals surface area contributed by atoms with E-state index < -0.39 is 0 Å². The lowest BCUT2D eigenvalue weighted by Gasteiger charge is -2.31. The van der Waals surface area contributed by atoms with E-state index in [4.69, 9.17) is 18.0 Å². The van der Waals surface area contributed by atoms with Gasteiger partial charge >= 0.3 is 0 Å². The zero-order valence-corrected chi connectivity index (χ0v) is 11.6. The van der Waals surface area contributed by atoms with Gasteiger partial charge in [-0.25, -0.2) is 0 Å². The summed E-state index contributed by atoms with van der Waals surface area (Å²) in [5.41, 5.74) is 5.65. The van der Waals surface area contributed by atoms with Gasteiger partial charge in [-0.2, -0.15) is 0 Å². The minimum Gasteiger partial charge on any atom is -0.393 e. The van der Waals surface area contributed by atoms with Gasteiger partial charge in [-0.3, -0.25) is 4.79 Å². The van der Waals surface area contributed by atoms with Crippen molar-refractivity contribution in [2.75, 3.05) is 33.7 Å². The van der Waals surface area contributed by atoms with Crippen molar-refractivity contribution in [3.05, 3.63) is 0 Å². The van der Waals surface area contributed by atoms with Gasteiger partial charge in [-0.1, -0.05) is 12.2 Å². The highest BCUT2D eigenvalue weighted by molar-refractivity contribution is 7.80. The topological polar surface area (TPSA) is 49.6 Å². The van der Waals surface area contributed by atoms with Crippen molar-refractivity contribution in [2.45, 2.75) is 25.7 Å². The molecule has 1 aliphatic heterocycles. The van der Waals surface area contributed by atoms with E-state index in [1.54, 1.807) is 19.0 Å². The molecule has 4 nitrogen and oxygen atoms in total. The summed E-state index contributed by atoms with van der Waals surface area (Å²) in [6.07, 6.45) is 3.71. The summed E-state index contributed by atoms with van der Waals surface area (Å²) < 4.78 is 0. The Labute approximate surface area is 109 Å². The fourth-order valence-electron chi connectivity index (χ4n) is 2.12. The third kappa shape index (κ3) is 5.00. The van der Waals surface area contributed by atoms with E-state index in [1.165, 1.54) is 0 Å². The maximum atomic E-state index is 11.4. The highest BCUT2D eigenvalue weighted by atomic mass is 32.1. The normalized spacial score (nSPS) is 18.0. The summed E-state index contributed by atoms with van der Waals surface area (Å²) in [5, 5.41) is 0. The van der Waals surface area contributed by atoms with E-state index in [-0.39, 0.29) is 5.91 Å². The van der Waals surface area contributed by atoms with Gasteiger partial charge in [-0.05, 0) is 38.9 Å². The predicted octanol–water partition coefficient (Wildman–Crippen LogP) is 0.853. The van der Waals surface area contributed by atoms with Crippen LogP contribution in [0.15, 0.2) is 0 Å². The van der Waals surface area contributed by atoms with Crippen LogP contribution in [-0.4, -0.2) is 54.4 Å². The second-order valence-corrected chi connectivity index (χ2v) is 5.38. The molecule has 5 heteroatoms. The summed E-state index contributed by atoms with van der Waals surface area (Å²) in [7, 11) is 3.60. The molecular weight excluding hydrogens is 234 g/mol. The summed E-state index contributed by atoms with van der Waals surface area (Å²) >= 11 is 5.01. The van der Waals surface area contributed by atoms with E-state index in [0.29, 0.717) is 17.3 Å². The van der Waals surface area contributed by atoms with Crippen molar-refractivity contribution in [1.29, 1.82) is 0 Å². The van der Waals surface area contributed by atoms with Crippen LogP contribution in [0.3, 0.4) is 0 Å². The molecule has 0 bridgehead atoms. The van der Waals surface area contributed by atoms with Crippen molar-refractivity contribution in [1.82, 2.24) is 9.80 Å². The average Bonchev–Trinajstić information content (AvgIpc) is 2.29. The Morgan fingerprint density at radius 2 is 2.00 bits per heavy atom. The van der Waals surface area contributed by atoms with E-state index in [0.717, 1.165) is 38.9 Å². The highest BCUT2D eigenvalue weighted by Crippen LogP contribution is 2.17.